The topological polar surface area (TPSA) is 139 Å². The Hall–Kier alpha value is -2.99. The molecule has 2 heterocycles. The highest BCUT2D eigenvalue weighted by Gasteiger charge is 2.61. The van der Waals surface area contributed by atoms with Crippen molar-refractivity contribution in [1.29, 1.82) is 0 Å². The molecular weight excluding hydrogens is 601 g/mol. The zero-order valence-corrected chi connectivity index (χ0v) is 26.2. The molecule has 1 saturated heterocycles. The maximum atomic E-state index is 14.5. The predicted octanol–water partition coefficient (Wildman–Crippen LogP) is 4.65. The van der Waals surface area contributed by atoms with Crippen molar-refractivity contribution in [3.63, 3.8) is 0 Å². The summed E-state index contributed by atoms with van der Waals surface area (Å²) in [6.45, 7) is 5.48. The van der Waals surface area contributed by atoms with Gasteiger partial charge in [-0.3, -0.25) is 14.4 Å². The van der Waals surface area contributed by atoms with Gasteiger partial charge in [0.25, 0.3) is 10.0 Å². The number of ketones is 1. The smallest absolute Gasteiger partial charge is 0.408 e. The van der Waals surface area contributed by atoms with E-state index in [1.54, 1.807) is 20.8 Å². The molecule has 1 aromatic carbocycles. The van der Waals surface area contributed by atoms with Crippen LogP contribution in [0.1, 0.15) is 78.6 Å². The van der Waals surface area contributed by atoms with Crippen molar-refractivity contribution in [3.8, 4) is 0 Å². The van der Waals surface area contributed by atoms with E-state index in [1.165, 1.54) is 17.0 Å². The molecule has 1 aliphatic carbocycles. The number of allylic oxidation sites excluding steroid dienone is 2. The standard InChI is InChI=1S/C30H39ClFN3O7S/c1-29(2,3)42-28(39)33-21-13-8-6-4-5-7-11-19-17-30(19,18-23(36)22-14-10-16-35(22)26(21)37)27(38)34-43(40,41)24-15-9-12-20(31)25(24)32/h7,9,11-12,15,19,21-22H,4-6,8,10,13-14,16-18H2,1-3H3,(H,33,39)(H,34,38)/b11-7-/t19-,21+,22+,30-/m1/s1. The Kier molecular flexibility index (Phi) is 9.90. The van der Waals surface area contributed by atoms with Gasteiger partial charge in [-0.15, -0.1) is 0 Å². The van der Waals surface area contributed by atoms with Crippen molar-refractivity contribution in [1.82, 2.24) is 14.9 Å². The number of carbonyl (C=O) groups excluding carboxylic acids is 4. The Balaban J connectivity index is 1.58. The highest BCUT2D eigenvalue weighted by molar-refractivity contribution is 7.90. The van der Waals surface area contributed by atoms with Crippen LogP contribution < -0.4 is 10.0 Å². The molecule has 1 saturated carbocycles. The molecule has 236 valence electrons. The van der Waals surface area contributed by atoms with Gasteiger partial charge in [-0.2, -0.15) is 0 Å². The summed E-state index contributed by atoms with van der Waals surface area (Å²) in [4.78, 5) is 54.3. The van der Waals surface area contributed by atoms with Crippen molar-refractivity contribution in [2.75, 3.05) is 6.54 Å². The maximum Gasteiger partial charge on any atom is 0.408 e. The largest absolute Gasteiger partial charge is 0.444 e. The van der Waals surface area contributed by atoms with Gasteiger partial charge in [-0.1, -0.05) is 42.7 Å². The Morgan fingerprint density at radius 3 is 2.58 bits per heavy atom. The van der Waals surface area contributed by atoms with Crippen molar-refractivity contribution in [2.45, 2.75) is 101 Å². The molecule has 0 aromatic heterocycles. The third-order valence-corrected chi connectivity index (χ3v) is 9.78. The van der Waals surface area contributed by atoms with E-state index in [4.69, 9.17) is 16.3 Å². The first-order chi connectivity index (χ1) is 20.1. The number of benzene rings is 1. The molecule has 1 aromatic rings. The molecule has 4 atom stereocenters. The average Bonchev–Trinajstić information content (AvgIpc) is 3.36. The first kappa shape index (κ1) is 32.9. The molecule has 0 radical (unpaired) electrons. The Bertz CT molecular complexity index is 1410. The fourth-order valence-corrected chi connectivity index (χ4v) is 7.24. The molecule has 4 rings (SSSR count). The number of rotatable bonds is 4. The Labute approximate surface area is 256 Å². The van der Waals surface area contributed by atoms with E-state index in [-0.39, 0.29) is 24.5 Å². The van der Waals surface area contributed by atoms with Crippen molar-refractivity contribution < 1.29 is 36.7 Å². The quantitative estimate of drug-likeness (QED) is 0.457. The lowest BCUT2D eigenvalue weighted by molar-refractivity contribution is -0.140. The van der Waals surface area contributed by atoms with E-state index in [0.29, 0.717) is 38.6 Å². The van der Waals surface area contributed by atoms with Gasteiger partial charge in [-0.25, -0.2) is 22.3 Å². The van der Waals surface area contributed by atoms with Crippen LogP contribution in [0, 0.1) is 17.2 Å². The van der Waals surface area contributed by atoms with Gasteiger partial charge >= 0.3 is 6.09 Å². The number of hydrogen-bond acceptors (Lipinski definition) is 7. The molecule has 2 N–H and O–H groups in total. The second-order valence-corrected chi connectivity index (χ2v) is 14.6. The van der Waals surface area contributed by atoms with Gasteiger partial charge in [0.1, 0.15) is 16.5 Å². The molecule has 3 amide bonds. The van der Waals surface area contributed by atoms with Crippen molar-refractivity contribution in [2.24, 2.45) is 11.3 Å². The third-order valence-electron chi connectivity index (χ3n) is 8.14. The maximum absolute atomic E-state index is 14.5. The van der Waals surface area contributed by atoms with Crippen LogP contribution in [0.2, 0.25) is 5.02 Å². The van der Waals surface area contributed by atoms with Gasteiger partial charge in [0.05, 0.1) is 16.5 Å². The minimum Gasteiger partial charge on any atom is -0.444 e. The number of halogens is 2. The molecule has 10 nitrogen and oxygen atoms in total. The number of alkyl carbamates (subject to hydrolysis) is 1. The number of ether oxygens (including phenoxy) is 1. The van der Waals surface area contributed by atoms with Gasteiger partial charge < -0.3 is 15.0 Å². The van der Waals surface area contributed by atoms with Crippen LogP contribution in [0.4, 0.5) is 9.18 Å². The van der Waals surface area contributed by atoms with E-state index in [0.717, 1.165) is 18.9 Å². The Morgan fingerprint density at radius 2 is 1.86 bits per heavy atom. The molecule has 13 heteroatoms. The number of carbonyl (C=O) groups is 4. The number of fused-ring (bicyclic) bond motifs is 2. The van der Waals surface area contributed by atoms with E-state index in [2.05, 4.69) is 5.32 Å². The summed E-state index contributed by atoms with van der Waals surface area (Å²) < 4.78 is 47.9. The molecule has 43 heavy (non-hydrogen) atoms. The van der Waals surface area contributed by atoms with Gasteiger partial charge in [-0.05, 0) is 77.3 Å². The van der Waals surface area contributed by atoms with E-state index < -0.39 is 66.8 Å². The normalized spacial score (nSPS) is 27.7. The lowest BCUT2D eigenvalue weighted by Gasteiger charge is -2.30. The van der Waals surface area contributed by atoms with Crippen LogP contribution in [-0.2, 0) is 29.1 Å². The third kappa shape index (κ3) is 7.75. The van der Waals surface area contributed by atoms with Crippen LogP contribution in [-0.4, -0.2) is 61.2 Å². The summed E-state index contributed by atoms with van der Waals surface area (Å²) in [7, 11) is -4.63. The molecule has 2 fully saturated rings. The number of hydrogen-bond donors (Lipinski definition) is 2. The van der Waals surface area contributed by atoms with E-state index >= 15 is 0 Å². The first-order valence-corrected chi connectivity index (χ1v) is 16.5. The number of amides is 3. The van der Waals surface area contributed by atoms with Crippen LogP contribution in [0.5, 0.6) is 0 Å². The lowest BCUT2D eigenvalue weighted by Crippen LogP contribution is -2.52. The fraction of sp³-hybridized carbons (Fsp3) is 0.600. The summed E-state index contributed by atoms with van der Waals surface area (Å²) in [5, 5.41) is 2.28. The molecule has 3 aliphatic rings. The summed E-state index contributed by atoms with van der Waals surface area (Å²) in [6, 6.07) is 1.75. The molecule has 0 bridgehead atoms. The van der Waals surface area contributed by atoms with E-state index in [1.807, 2.05) is 16.9 Å². The average molecular weight is 640 g/mol. The molecule has 0 spiro atoms. The van der Waals surface area contributed by atoms with Crippen molar-refractivity contribution >= 4 is 45.3 Å². The fourth-order valence-electron chi connectivity index (χ4n) is 5.85. The predicted molar refractivity (Wildman–Crippen MR) is 157 cm³/mol. The summed E-state index contributed by atoms with van der Waals surface area (Å²) in [5.74, 6) is -3.23. The second kappa shape index (κ2) is 12.9. The number of nitrogens with zero attached hydrogens (tertiary/aromatic N) is 1. The van der Waals surface area contributed by atoms with Gasteiger partial charge in [0, 0.05) is 13.0 Å². The summed E-state index contributed by atoms with van der Waals surface area (Å²) >= 11 is 5.76. The lowest BCUT2D eigenvalue weighted by atomic mass is 9.91. The minimum atomic E-state index is -4.63. The highest BCUT2D eigenvalue weighted by Crippen LogP contribution is 2.57. The monoisotopic (exact) mass is 639 g/mol. The van der Waals surface area contributed by atoms with Crippen molar-refractivity contribution in [3.05, 3.63) is 41.2 Å². The molecular formula is C30H39ClFN3O7S. The zero-order valence-electron chi connectivity index (χ0n) is 24.7. The van der Waals surface area contributed by atoms with Gasteiger partial charge in [0.2, 0.25) is 11.8 Å². The van der Waals surface area contributed by atoms with E-state index in [9.17, 15) is 32.0 Å². The summed E-state index contributed by atoms with van der Waals surface area (Å²) in [5.41, 5.74) is -2.12. The zero-order chi connectivity index (χ0) is 31.6. The number of nitrogens with one attached hydrogen (secondary N) is 2. The van der Waals surface area contributed by atoms with Crippen LogP contribution in [0.25, 0.3) is 0 Å². The minimum absolute atomic E-state index is 0.234. The van der Waals surface area contributed by atoms with Gasteiger partial charge in [0.15, 0.2) is 11.6 Å². The van der Waals surface area contributed by atoms with Crippen LogP contribution in [0.3, 0.4) is 0 Å². The first-order valence-electron chi connectivity index (χ1n) is 14.7. The summed E-state index contributed by atoms with van der Waals surface area (Å²) in [6.07, 6.45) is 7.23. The van der Waals surface area contributed by atoms with Crippen LogP contribution >= 0.6 is 11.6 Å². The van der Waals surface area contributed by atoms with Crippen LogP contribution in [0.15, 0.2) is 35.2 Å². The second-order valence-electron chi connectivity index (χ2n) is 12.6. The Morgan fingerprint density at radius 1 is 1.12 bits per heavy atom. The number of sulfonamides is 1. The molecule has 0 unspecified atom stereocenters. The highest BCUT2D eigenvalue weighted by atomic mass is 35.5. The number of Topliss-reactive ketones (excluding diaryl/α,β-unsaturated/α-hetero) is 1. The molecule has 2 aliphatic heterocycles. The SMILES string of the molecule is CC(C)(C)OC(=O)N[C@H]1CCCCC/C=C\[C@@H]2C[C@@]2(C(=O)NS(=O)(=O)c2cccc(Cl)c2F)CC(=O)[C@@H]2CCCN2C1=O.